The molecule has 5 nitrogen and oxygen atoms in total. The van der Waals surface area contributed by atoms with Crippen LogP contribution in [-0.4, -0.2) is 19.5 Å². The number of imidazole rings is 1. The Labute approximate surface area is 85.6 Å². The molecule has 3 rings (SSSR count). The van der Waals surface area contributed by atoms with Gasteiger partial charge in [0.2, 0.25) is 5.95 Å². The zero-order chi connectivity index (χ0) is 10.4. The molecular weight excluding hydrogens is 190 g/mol. The van der Waals surface area contributed by atoms with Gasteiger partial charge in [0.1, 0.15) is 0 Å². The molecule has 0 saturated heterocycles. The Kier molecular flexibility index (Phi) is 1.45. The maximum Gasteiger partial charge on any atom is 0.200 e. The van der Waals surface area contributed by atoms with Crippen LogP contribution in [0.4, 0.5) is 5.95 Å². The summed E-state index contributed by atoms with van der Waals surface area (Å²) in [6.45, 7) is 0. The average Bonchev–Trinajstić information content (AvgIpc) is 2.52. The zero-order valence-corrected chi connectivity index (χ0v) is 8.18. The minimum Gasteiger partial charge on any atom is -0.369 e. The molecule has 0 unspecified atom stereocenters. The molecule has 5 heteroatoms. The van der Waals surface area contributed by atoms with Gasteiger partial charge >= 0.3 is 0 Å². The molecule has 2 aromatic heterocycles. The van der Waals surface area contributed by atoms with Crippen LogP contribution < -0.4 is 5.73 Å². The van der Waals surface area contributed by atoms with Crippen molar-refractivity contribution in [2.24, 2.45) is 7.05 Å². The summed E-state index contributed by atoms with van der Waals surface area (Å²) in [6.07, 6.45) is 3.34. The summed E-state index contributed by atoms with van der Waals surface area (Å²) < 4.78 is 1.84. The van der Waals surface area contributed by atoms with Crippen molar-refractivity contribution in [3.63, 3.8) is 0 Å². The largest absolute Gasteiger partial charge is 0.369 e. The highest BCUT2D eigenvalue weighted by Crippen LogP contribution is 2.20. The van der Waals surface area contributed by atoms with Crippen LogP contribution in [0.3, 0.4) is 0 Å². The van der Waals surface area contributed by atoms with E-state index in [0.717, 1.165) is 22.1 Å². The summed E-state index contributed by atoms with van der Waals surface area (Å²) in [7, 11) is 1.88. The molecule has 74 valence electrons. The number of benzene rings is 1. The Morgan fingerprint density at radius 2 is 1.73 bits per heavy atom. The molecule has 0 bridgehead atoms. The third-order valence-corrected chi connectivity index (χ3v) is 2.51. The van der Waals surface area contributed by atoms with E-state index in [9.17, 15) is 0 Å². The third kappa shape index (κ3) is 1.06. The van der Waals surface area contributed by atoms with E-state index in [1.54, 1.807) is 12.4 Å². The molecule has 1 aromatic carbocycles. The Balaban J connectivity index is 2.53. The number of nitrogens with two attached hydrogens (primary N) is 1. The average molecular weight is 199 g/mol. The monoisotopic (exact) mass is 199 g/mol. The standard InChI is InChI=1S/C10H9N5/c1-15-9-5-7-6(12-2-3-13-7)4-8(9)14-10(15)11/h2-5H,1H3,(H2,11,14). The van der Waals surface area contributed by atoms with Crippen molar-refractivity contribution in [1.82, 2.24) is 19.5 Å². The first-order valence-corrected chi connectivity index (χ1v) is 4.58. The zero-order valence-electron chi connectivity index (χ0n) is 8.18. The van der Waals surface area contributed by atoms with E-state index < -0.39 is 0 Å². The van der Waals surface area contributed by atoms with Crippen LogP contribution in [-0.2, 0) is 7.05 Å². The van der Waals surface area contributed by atoms with Gasteiger partial charge in [-0.15, -0.1) is 0 Å². The van der Waals surface area contributed by atoms with Gasteiger partial charge in [0, 0.05) is 19.4 Å². The highest BCUT2D eigenvalue weighted by Gasteiger charge is 2.06. The van der Waals surface area contributed by atoms with Crippen molar-refractivity contribution < 1.29 is 0 Å². The van der Waals surface area contributed by atoms with E-state index in [0.29, 0.717) is 5.95 Å². The van der Waals surface area contributed by atoms with Crippen LogP contribution in [0.2, 0.25) is 0 Å². The van der Waals surface area contributed by atoms with Gasteiger partial charge < -0.3 is 10.3 Å². The van der Waals surface area contributed by atoms with Crippen LogP contribution in [0, 0.1) is 0 Å². The maximum absolute atomic E-state index is 5.73. The lowest BCUT2D eigenvalue weighted by molar-refractivity contribution is 0.965. The number of nitrogen functional groups attached to an aromatic ring is 1. The number of rotatable bonds is 0. The summed E-state index contributed by atoms with van der Waals surface area (Å²) in [5.74, 6) is 0.500. The van der Waals surface area contributed by atoms with Gasteiger partial charge in [0.15, 0.2) is 0 Å². The molecule has 0 aliphatic heterocycles. The molecule has 0 radical (unpaired) electrons. The number of aryl methyl sites for hydroxylation is 1. The lowest BCUT2D eigenvalue weighted by Gasteiger charge is -1.97. The van der Waals surface area contributed by atoms with Gasteiger partial charge in [-0.1, -0.05) is 0 Å². The van der Waals surface area contributed by atoms with Gasteiger partial charge in [-0.2, -0.15) is 0 Å². The first kappa shape index (κ1) is 8.16. The van der Waals surface area contributed by atoms with E-state index in [1.807, 2.05) is 23.7 Å². The van der Waals surface area contributed by atoms with Gasteiger partial charge in [0.05, 0.1) is 22.1 Å². The number of nitrogens with zero attached hydrogens (tertiary/aromatic N) is 4. The number of hydrogen-bond acceptors (Lipinski definition) is 4. The Bertz CT molecular complexity index is 655. The maximum atomic E-state index is 5.73. The van der Waals surface area contributed by atoms with Crippen molar-refractivity contribution in [3.8, 4) is 0 Å². The fourth-order valence-corrected chi connectivity index (χ4v) is 1.67. The molecule has 0 aliphatic rings. The number of hydrogen-bond donors (Lipinski definition) is 1. The minimum atomic E-state index is 0.500. The van der Waals surface area contributed by atoms with E-state index in [2.05, 4.69) is 15.0 Å². The Hall–Kier alpha value is -2.17. The Morgan fingerprint density at radius 3 is 2.47 bits per heavy atom. The third-order valence-electron chi connectivity index (χ3n) is 2.51. The predicted molar refractivity (Wildman–Crippen MR) is 58.2 cm³/mol. The summed E-state index contributed by atoms with van der Waals surface area (Å²) in [4.78, 5) is 12.7. The predicted octanol–water partition coefficient (Wildman–Crippen LogP) is 1.10. The van der Waals surface area contributed by atoms with Crippen LogP contribution in [0.5, 0.6) is 0 Å². The minimum absolute atomic E-state index is 0.500. The fourth-order valence-electron chi connectivity index (χ4n) is 1.67. The molecule has 3 aromatic rings. The van der Waals surface area contributed by atoms with Crippen molar-refractivity contribution in [3.05, 3.63) is 24.5 Å². The van der Waals surface area contributed by atoms with E-state index in [1.165, 1.54) is 0 Å². The second kappa shape index (κ2) is 2.66. The molecule has 0 atom stereocenters. The molecule has 0 spiro atoms. The molecule has 0 amide bonds. The second-order valence-corrected chi connectivity index (χ2v) is 3.41. The highest BCUT2D eigenvalue weighted by molar-refractivity contribution is 5.92. The number of fused-ring (bicyclic) bond motifs is 2. The molecule has 2 N–H and O–H groups in total. The van der Waals surface area contributed by atoms with E-state index in [-0.39, 0.29) is 0 Å². The van der Waals surface area contributed by atoms with Crippen molar-refractivity contribution in [2.45, 2.75) is 0 Å². The first-order chi connectivity index (χ1) is 7.25. The van der Waals surface area contributed by atoms with Crippen LogP contribution in [0.15, 0.2) is 24.5 Å². The van der Waals surface area contributed by atoms with Crippen molar-refractivity contribution in [1.29, 1.82) is 0 Å². The van der Waals surface area contributed by atoms with E-state index in [4.69, 9.17) is 5.73 Å². The smallest absolute Gasteiger partial charge is 0.200 e. The highest BCUT2D eigenvalue weighted by atomic mass is 15.1. The Morgan fingerprint density at radius 1 is 1.07 bits per heavy atom. The topological polar surface area (TPSA) is 69.6 Å². The van der Waals surface area contributed by atoms with Crippen molar-refractivity contribution >= 4 is 28.0 Å². The second-order valence-electron chi connectivity index (χ2n) is 3.41. The van der Waals surface area contributed by atoms with Gasteiger partial charge in [0.25, 0.3) is 0 Å². The quantitative estimate of drug-likeness (QED) is 0.588. The lowest BCUT2D eigenvalue weighted by Crippen LogP contribution is -1.96. The number of aromatic nitrogens is 4. The first-order valence-electron chi connectivity index (χ1n) is 4.58. The number of anilines is 1. The fraction of sp³-hybridized carbons (Fsp3) is 0.100. The summed E-state index contributed by atoms with van der Waals surface area (Å²) in [5.41, 5.74) is 9.24. The molecular formula is C10H9N5. The molecule has 0 fully saturated rings. The lowest BCUT2D eigenvalue weighted by atomic mass is 10.2. The van der Waals surface area contributed by atoms with Crippen LogP contribution >= 0.6 is 0 Å². The van der Waals surface area contributed by atoms with E-state index >= 15 is 0 Å². The molecule has 0 saturated carbocycles. The van der Waals surface area contributed by atoms with Crippen molar-refractivity contribution in [2.75, 3.05) is 5.73 Å². The summed E-state index contributed by atoms with van der Waals surface area (Å²) >= 11 is 0. The van der Waals surface area contributed by atoms with Gasteiger partial charge in [-0.25, -0.2) is 4.98 Å². The molecule has 0 aliphatic carbocycles. The molecule has 2 heterocycles. The van der Waals surface area contributed by atoms with Gasteiger partial charge in [-0.3, -0.25) is 9.97 Å². The SMILES string of the molecule is Cn1c(N)nc2cc3nccnc3cc21. The summed E-state index contributed by atoms with van der Waals surface area (Å²) in [5, 5.41) is 0. The summed E-state index contributed by atoms with van der Waals surface area (Å²) in [6, 6.07) is 3.84. The van der Waals surface area contributed by atoms with Crippen LogP contribution in [0.25, 0.3) is 22.1 Å². The van der Waals surface area contributed by atoms with Gasteiger partial charge in [-0.05, 0) is 12.1 Å². The normalized spacial score (nSPS) is 11.3. The molecule has 15 heavy (non-hydrogen) atoms. The van der Waals surface area contributed by atoms with Crippen LogP contribution in [0.1, 0.15) is 0 Å².